The van der Waals surface area contributed by atoms with Crippen molar-refractivity contribution in [1.29, 1.82) is 0 Å². The lowest BCUT2D eigenvalue weighted by atomic mass is 10.0. The lowest BCUT2D eigenvalue weighted by molar-refractivity contribution is 0.404. The van der Waals surface area contributed by atoms with E-state index in [4.69, 9.17) is 0 Å². The van der Waals surface area contributed by atoms with Crippen molar-refractivity contribution in [3.05, 3.63) is 42.0 Å². The monoisotopic (exact) mass is 201 g/mol. The molecule has 2 rings (SSSR count). The Morgan fingerprint density at radius 3 is 2.80 bits per heavy atom. The maximum Gasteiger partial charge on any atom is 0.0102 e. The van der Waals surface area contributed by atoms with Crippen LogP contribution in [0.15, 0.2) is 36.4 Å². The summed E-state index contributed by atoms with van der Waals surface area (Å²) in [6, 6.07) is 11.2. The number of benzene rings is 1. The molecule has 1 aromatic rings. The molecule has 1 atom stereocenters. The van der Waals surface area contributed by atoms with Crippen molar-refractivity contribution >= 4 is 6.08 Å². The van der Waals surface area contributed by atoms with E-state index in [2.05, 4.69) is 47.8 Å². The van der Waals surface area contributed by atoms with Crippen molar-refractivity contribution in [2.45, 2.75) is 31.7 Å². The molecule has 0 bridgehead atoms. The highest BCUT2D eigenvalue weighted by Crippen LogP contribution is 2.11. The number of rotatable bonds is 3. The summed E-state index contributed by atoms with van der Waals surface area (Å²) in [6.45, 7) is 1.20. The van der Waals surface area contributed by atoms with Crippen LogP contribution in [0.1, 0.15) is 31.2 Å². The molecule has 1 aromatic carbocycles. The van der Waals surface area contributed by atoms with E-state index in [0.29, 0.717) is 6.04 Å². The molecule has 0 spiro atoms. The van der Waals surface area contributed by atoms with Gasteiger partial charge in [-0.1, -0.05) is 48.9 Å². The fourth-order valence-corrected chi connectivity index (χ4v) is 2.06. The van der Waals surface area contributed by atoms with Gasteiger partial charge in [0.05, 0.1) is 0 Å². The first-order valence-electron chi connectivity index (χ1n) is 5.90. The summed E-state index contributed by atoms with van der Waals surface area (Å²) < 4.78 is 0. The van der Waals surface area contributed by atoms with Crippen LogP contribution in [-0.4, -0.2) is 12.6 Å². The standard InChI is InChI=1S/C14H19N/c1-2-7-13(8-3-1)9-6-11-14-10-4-5-12-15-14/h1-3,6-9,14-15H,4-5,10-12H2/b9-6+/t14-/m0/s1. The molecule has 1 saturated heterocycles. The van der Waals surface area contributed by atoms with Gasteiger partial charge in [-0.05, 0) is 31.4 Å². The SMILES string of the molecule is C(=C\c1ccccc1)/C[C@@H]1CCCCN1. The van der Waals surface area contributed by atoms with Gasteiger partial charge in [0.2, 0.25) is 0 Å². The number of hydrogen-bond donors (Lipinski definition) is 1. The Bertz CT molecular complexity index is 296. The van der Waals surface area contributed by atoms with Gasteiger partial charge in [0, 0.05) is 6.04 Å². The van der Waals surface area contributed by atoms with Gasteiger partial charge in [0.15, 0.2) is 0 Å². The minimum Gasteiger partial charge on any atom is -0.314 e. The number of piperidine rings is 1. The minimum absolute atomic E-state index is 0.707. The molecular weight excluding hydrogens is 182 g/mol. The Morgan fingerprint density at radius 2 is 2.07 bits per heavy atom. The molecule has 1 nitrogen and oxygen atoms in total. The van der Waals surface area contributed by atoms with Gasteiger partial charge < -0.3 is 5.32 Å². The predicted molar refractivity (Wildman–Crippen MR) is 65.7 cm³/mol. The fourth-order valence-electron chi connectivity index (χ4n) is 2.06. The second kappa shape index (κ2) is 5.72. The molecule has 0 aliphatic carbocycles. The number of nitrogens with one attached hydrogen (secondary N) is 1. The van der Waals surface area contributed by atoms with Crippen LogP contribution >= 0.6 is 0 Å². The van der Waals surface area contributed by atoms with Gasteiger partial charge in [-0.3, -0.25) is 0 Å². The Labute approximate surface area is 92.2 Å². The summed E-state index contributed by atoms with van der Waals surface area (Å²) in [5, 5.41) is 3.55. The Hall–Kier alpha value is -1.08. The quantitative estimate of drug-likeness (QED) is 0.791. The summed E-state index contributed by atoms with van der Waals surface area (Å²) in [6.07, 6.45) is 9.73. The lowest BCUT2D eigenvalue weighted by Crippen LogP contribution is -2.33. The van der Waals surface area contributed by atoms with E-state index in [0.717, 1.165) is 6.42 Å². The zero-order chi connectivity index (χ0) is 10.3. The average molecular weight is 201 g/mol. The molecule has 1 aliphatic heterocycles. The van der Waals surface area contributed by atoms with Crippen molar-refractivity contribution in [3.8, 4) is 0 Å². The normalized spacial score (nSPS) is 22.0. The Balaban J connectivity index is 1.79. The summed E-state index contributed by atoms with van der Waals surface area (Å²) >= 11 is 0. The molecule has 0 aromatic heterocycles. The van der Waals surface area contributed by atoms with Crippen molar-refractivity contribution < 1.29 is 0 Å². The molecule has 1 fully saturated rings. The zero-order valence-corrected chi connectivity index (χ0v) is 9.15. The first-order valence-corrected chi connectivity index (χ1v) is 5.90. The molecule has 80 valence electrons. The second-order valence-electron chi connectivity index (χ2n) is 4.20. The fraction of sp³-hybridized carbons (Fsp3) is 0.429. The smallest absolute Gasteiger partial charge is 0.0102 e. The van der Waals surface area contributed by atoms with Crippen LogP contribution in [0.5, 0.6) is 0 Å². The number of hydrogen-bond acceptors (Lipinski definition) is 1. The summed E-state index contributed by atoms with van der Waals surface area (Å²) in [5.74, 6) is 0. The van der Waals surface area contributed by atoms with Gasteiger partial charge >= 0.3 is 0 Å². The molecule has 0 radical (unpaired) electrons. The van der Waals surface area contributed by atoms with Gasteiger partial charge in [0.1, 0.15) is 0 Å². The largest absolute Gasteiger partial charge is 0.314 e. The van der Waals surface area contributed by atoms with Crippen LogP contribution in [0, 0.1) is 0 Å². The summed E-state index contributed by atoms with van der Waals surface area (Å²) in [5.41, 5.74) is 1.30. The van der Waals surface area contributed by atoms with E-state index in [1.54, 1.807) is 0 Å². The van der Waals surface area contributed by atoms with Crippen LogP contribution < -0.4 is 5.32 Å². The third-order valence-electron chi connectivity index (χ3n) is 2.94. The molecule has 1 aliphatic rings. The first-order chi connectivity index (χ1) is 7.45. The third-order valence-corrected chi connectivity index (χ3v) is 2.94. The van der Waals surface area contributed by atoms with E-state index < -0.39 is 0 Å². The highest BCUT2D eigenvalue weighted by atomic mass is 14.9. The minimum atomic E-state index is 0.707. The third kappa shape index (κ3) is 3.52. The van der Waals surface area contributed by atoms with Crippen molar-refractivity contribution in [1.82, 2.24) is 5.32 Å². The average Bonchev–Trinajstić information content (AvgIpc) is 2.32. The van der Waals surface area contributed by atoms with E-state index in [1.807, 2.05) is 0 Å². The Morgan fingerprint density at radius 1 is 1.20 bits per heavy atom. The predicted octanol–water partition coefficient (Wildman–Crippen LogP) is 3.23. The van der Waals surface area contributed by atoms with E-state index in [1.165, 1.54) is 31.4 Å². The Kier molecular flexibility index (Phi) is 3.98. The van der Waals surface area contributed by atoms with E-state index in [-0.39, 0.29) is 0 Å². The van der Waals surface area contributed by atoms with Gasteiger partial charge in [-0.15, -0.1) is 0 Å². The maximum absolute atomic E-state index is 3.55. The van der Waals surface area contributed by atoms with Gasteiger partial charge in [0.25, 0.3) is 0 Å². The topological polar surface area (TPSA) is 12.0 Å². The molecule has 0 saturated carbocycles. The van der Waals surface area contributed by atoms with Crippen LogP contribution in [0.2, 0.25) is 0 Å². The highest BCUT2D eigenvalue weighted by molar-refractivity contribution is 5.48. The van der Waals surface area contributed by atoms with Crippen LogP contribution in [-0.2, 0) is 0 Å². The maximum atomic E-state index is 3.55. The summed E-state index contributed by atoms with van der Waals surface area (Å²) in [7, 11) is 0. The van der Waals surface area contributed by atoms with Crippen LogP contribution in [0.25, 0.3) is 6.08 Å². The molecule has 1 N–H and O–H groups in total. The molecule has 0 amide bonds. The molecular formula is C14H19N. The zero-order valence-electron chi connectivity index (χ0n) is 9.15. The molecule has 1 heteroatoms. The van der Waals surface area contributed by atoms with Crippen LogP contribution in [0.4, 0.5) is 0 Å². The van der Waals surface area contributed by atoms with Gasteiger partial charge in [-0.25, -0.2) is 0 Å². The van der Waals surface area contributed by atoms with Crippen molar-refractivity contribution in [2.75, 3.05) is 6.54 Å². The van der Waals surface area contributed by atoms with E-state index >= 15 is 0 Å². The first kappa shape index (κ1) is 10.4. The molecule has 1 heterocycles. The van der Waals surface area contributed by atoms with Crippen LogP contribution in [0.3, 0.4) is 0 Å². The van der Waals surface area contributed by atoms with E-state index in [9.17, 15) is 0 Å². The van der Waals surface area contributed by atoms with Crippen molar-refractivity contribution in [2.24, 2.45) is 0 Å². The highest BCUT2D eigenvalue weighted by Gasteiger charge is 2.09. The molecule has 15 heavy (non-hydrogen) atoms. The second-order valence-corrected chi connectivity index (χ2v) is 4.20. The lowest BCUT2D eigenvalue weighted by Gasteiger charge is -2.21. The summed E-state index contributed by atoms with van der Waals surface area (Å²) in [4.78, 5) is 0. The van der Waals surface area contributed by atoms with Crippen molar-refractivity contribution in [3.63, 3.8) is 0 Å². The van der Waals surface area contributed by atoms with Gasteiger partial charge in [-0.2, -0.15) is 0 Å². The molecule has 0 unspecified atom stereocenters.